The Kier molecular flexibility index (Phi) is 4.65. The first-order valence-electron chi connectivity index (χ1n) is 8.41. The predicted octanol–water partition coefficient (Wildman–Crippen LogP) is 2.90. The number of fused-ring (bicyclic) bond motifs is 1. The summed E-state index contributed by atoms with van der Waals surface area (Å²) >= 11 is 0. The second-order valence-corrected chi connectivity index (χ2v) is 5.90. The van der Waals surface area contributed by atoms with Crippen LogP contribution >= 0.6 is 0 Å². The number of likely N-dealkylation sites (N-methyl/N-ethyl adjacent to an activating group) is 1. The molecule has 0 spiro atoms. The fourth-order valence-corrected chi connectivity index (χ4v) is 3.05. The van der Waals surface area contributed by atoms with E-state index in [9.17, 15) is 14.4 Å². The topological polar surface area (TPSA) is 57.7 Å². The summed E-state index contributed by atoms with van der Waals surface area (Å²) in [5.74, 6) is -0.557. The van der Waals surface area contributed by atoms with Gasteiger partial charge in [-0.2, -0.15) is 0 Å². The van der Waals surface area contributed by atoms with E-state index in [4.69, 9.17) is 0 Å². The highest BCUT2D eigenvalue weighted by Crippen LogP contribution is 2.28. The Hall–Kier alpha value is -2.95. The molecule has 128 valence electrons. The van der Waals surface area contributed by atoms with Crippen molar-refractivity contribution in [1.29, 1.82) is 0 Å². The minimum absolute atomic E-state index is 0.0680. The molecule has 1 aliphatic heterocycles. The lowest BCUT2D eigenvalue weighted by Crippen LogP contribution is -2.31. The quantitative estimate of drug-likeness (QED) is 0.789. The fourth-order valence-electron chi connectivity index (χ4n) is 3.05. The monoisotopic (exact) mass is 336 g/mol. The summed E-state index contributed by atoms with van der Waals surface area (Å²) in [4.78, 5) is 40.1. The van der Waals surface area contributed by atoms with Crippen LogP contribution in [-0.2, 0) is 11.2 Å². The standard InChI is InChI=1S/C20H20N2O3/c1-3-21(4-2)18(23)13-14-9-11-15(12-10-14)22-19(24)16-7-5-6-8-17(16)20(22)25/h5-12H,3-4,13H2,1-2H3. The molecule has 0 aromatic heterocycles. The normalized spacial score (nSPS) is 13.1. The van der Waals surface area contributed by atoms with Gasteiger partial charge in [-0.05, 0) is 43.7 Å². The highest BCUT2D eigenvalue weighted by Gasteiger charge is 2.36. The SMILES string of the molecule is CCN(CC)C(=O)Cc1ccc(N2C(=O)c3ccccc3C2=O)cc1. The summed E-state index contributed by atoms with van der Waals surface area (Å²) in [5, 5.41) is 0. The van der Waals surface area contributed by atoms with Crippen molar-refractivity contribution in [2.45, 2.75) is 20.3 Å². The first-order valence-corrected chi connectivity index (χ1v) is 8.41. The minimum atomic E-state index is -0.312. The van der Waals surface area contributed by atoms with Crippen molar-refractivity contribution < 1.29 is 14.4 Å². The summed E-state index contributed by atoms with van der Waals surface area (Å²) in [6.45, 7) is 5.27. The highest BCUT2D eigenvalue weighted by molar-refractivity contribution is 6.34. The molecule has 0 saturated heterocycles. The van der Waals surface area contributed by atoms with E-state index in [0.717, 1.165) is 5.56 Å². The van der Waals surface area contributed by atoms with Gasteiger partial charge in [-0.15, -0.1) is 0 Å². The molecule has 3 rings (SSSR count). The largest absolute Gasteiger partial charge is 0.343 e. The summed E-state index contributed by atoms with van der Waals surface area (Å²) < 4.78 is 0. The maximum atomic E-state index is 12.5. The van der Waals surface area contributed by atoms with E-state index in [2.05, 4.69) is 0 Å². The number of carbonyl (C=O) groups is 3. The van der Waals surface area contributed by atoms with Crippen LogP contribution in [0.1, 0.15) is 40.1 Å². The molecule has 0 unspecified atom stereocenters. The van der Waals surface area contributed by atoms with Crippen LogP contribution in [0.15, 0.2) is 48.5 Å². The van der Waals surface area contributed by atoms with Gasteiger partial charge in [-0.1, -0.05) is 24.3 Å². The summed E-state index contributed by atoms with van der Waals surface area (Å²) in [5.41, 5.74) is 2.23. The highest BCUT2D eigenvalue weighted by atomic mass is 16.2. The molecule has 1 heterocycles. The molecule has 0 N–H and O–H groups in total. The number of imide groups is 1. The van der Waals surface area contributed by atoms with Gasteiger partial charge in [0.25, 0.3) is 11.8 Å². The van der Waals surface area contributed by atoms with Gasteiger partial charge in [0.05, 0.1) is 23.2 Å². The number of hydrogen-bond acceptors (Lipinski definition) is 3. The molecule has 25 heavy (non-hydrogen) atoms. The molecule has 0 atom stereocenters. The Labute approximate surface area is 146 Å². The first kappa shape index (κ1) is 16.9. The number of nitrogens with zero attached hydrogens (tertiary/aromatic N) is 2. The molecule has 0 radical (unpaired) electrons. The van der Waals surface area contributed by atoms with E-state index in [-0.39, 0.29) is 17.7 Å². The van der Waals surface area contributed by atoms with Crippen LogP contribution in [0.3, 0.4) is 0 Å². The molecule has 1 aliphatic rings. The number of amides is 3. The van der Waals surface area contributed by atoms with Gasteiger partial charge in [-0.25, -0.2) is 4.90 Å². The fraction of sp³-hybridized carbons (Fsp3) is 0.250. The number of rotatable bonds is 5. The lowest BCUT2D eigenvalue weighted by Gasteiger charge is -2.19. The van der Waals surface area contributed by atoms with Crippen molar-refractivity contribution in [3.63, 3.8) is 0 Å². The number of anilines is 1. The summed E-state index contributed by atoms with van der Waals surface area (Å²) in [6, 6.07) is 13.8. The Balaban J connectivity index is 1.79. The van der Waals surface area contributed by atoms with Gasteiger partial charge >= 0.3 is 0 Å². The van der Waals surface area contributed by atoms with E-state index in [1.807, 2.05) is 13.8 Å². The van der Waals surface area contributed by atoms with Crippen LogP contribution in [0.5, 0.6) is 0 Å². The lowest BCUT2D eigenvalue weighted by molar-refractivity contribution is -0.130. The van der Waals surface area contributed by atoms with Crippen LogP contribution in [0.25, 0.3) is 0 Å². The van der Waals surface area contributed by atoms with Crippen molar-refractivity contribution in [2.75, 3.05) is 18.0 Å². The van der Waals surface area contributed by atoms with E-state index >= 15 is 0 Å². The smallest absolute Gasteiger partial charge is 0.266 e. The minimum Gasteiger partial charge on any atom is -0.343 e. The molecular formula is C20H20N2O3. The van der Waals surface area contributed by atoms with Crippen LogP contribution < -0.4 is 4.90 Å². The van der Waals surface area contributed by atoms with Crippen molar-refractivity contribution in [2.24, 2.45) is 0 Å². The number of carbonyl (C=O) groups excluding carboxylic acids is 3. The van der Waals surface area contributed by atoms with Crippen LogP contribution in [0.2, 0.25) is 0 Å². The van der Waals surface area contributed by atoms with E-state index in [0.29, 0.717) is 36.3 Å². The zero-order chi connectivity index (χ0) is 18.0. The summed E-state index contributed by atoms with van der Waals surface area (Å²) in [6.07, 6.45) is 0.310. The molecule has 3 amide bonds. The van der Waals surface area contributed by atoms with Crippen molar-refractivity contribution >= 4 is 23.4 Å². The zero-order valence-electron chi connectivity index (χ0n) is 14.4. The lowest BCUT2D eigenvalue weighted by atomic mass is 10.1. The van der Waals surface area contributed by atoms with E-state index in [1.165, 1.54) is 4.90 Å². The average molecular weight is 336 g/mol. The Morgan fingerprint density at radius 1 is 0.880 bits per heavy atom. The maximum Gasteiger partial charge on any atom is 0.266 e. The predicted molar refractivity (Wildman–Crippen MR) is 95.7 cm³/mol. The Morgan fingerprint density at radius 2 is 1.40 bits per heavy atom. The van der Waals surface area contributed by atoms with Crippen molar-refractivity contribution in [3.05, 3.63) is 65.2 Å². The molecule has 0 fully saturated rings. The van der Waals surface area contributed by atoms with E-state index < -0.39 is 0 Å². The van der Waals surface area contributed by atoms with Gasteiger partial charge < -0.3 is 4.90 Å². The molecule has 5 heteroatoms. The second-order valence-electron chi connectivity index (χ2n) is 5.90. The van der Waals surface area contributed by atoms with Gasteiger partial charge in [-0.3, -0.25) is 14.4 Å². The number of benzene rings is 2. The molecule has 2 aromatic carbocycles. The Bertz CT molecular complexity index is 788. The van der Waals surface area contributed by atoms with Crippen LogP contribution in [0.4, 0.5) is 5.69 Å². The second kappa shape index (κ2) is 6.89. The first-order chi connectivity index (χ1) is 12.1. The molecule has 0 aliphatic carbocycles. The van der Waals surface area contributed by atoms with Crippen molar-refractivity contribution in [3.8, 4) is 0 Å². The molecule has 0 saturated carbocycles. The zero-order valence-corrected chi connectivity index (χ0v) is 14.4. The maximum absolute atomic E-state index is 12.5. The summed E-state index contributed by atoms with van der Waals surface area (Å²) in [7, 11) is 0. The van der Waals surface area contributed by atoms with Crippen LogP contribution in [0, 0.1) is 0 Å². The molecule has 0 bridgehead atoms. The average Bonchev–Trinajstić information content (AvgIpc) is 2.88. The third-order valence-corrected chi connectivity index (χ3v) is 4.46. The van der Waals surface area contributed by atoms with E-state index in [1.54, 1.807) is 53.4 Å². The van der Waals surface area contributed by atoms with Gasteiger partial charge in [0, 0.05) is 13.1 Å². The van der Waals surface area contributed by atoms with Crippen molar-refractivity contribution in [1.82, 2.24) is 4.90 Å². The van der Waals surface area contributed by atoms with Crippen LogP contribution in [-0.4, -0.2) is 35.7 Å². The number of hydrogen-bond donors (Lipinski definition) is 0. The van der Waals surface area contributed by atoms with Gasteiger partial charge in [0.15, 0.2) is 0 Å². The van der Waals surface area contributed by atoms with Gasteiger partial charge in [0.1, 0.15) is 0 Å². The molecule has 2 aromatic rings. The Morgan fingerprint density at radius 3 is 1.88 bits per heavy atom. The third-order valence-electron chi connectivity index (χ3n) is 4.46. The molecule has 5 nitrogen and oxygen atoms in total. The third kappa shape index (κ3) is 3.05. The van der Waals surface area contributed by atoms with Gasteiger partial charge in [0.2, 0.25) is 5.91 Å². The molecular weight excluding hydrogens is 316 g/mol.